The number of benzene rings is 2. The summed E-state index contributed by atoms with van der Waals surface area (Å²) in [7, 11) is 2.01. The molecule has 2 rings (SSSR count). The molecule has 0 spiro atoms. The molecule has 0 fully saturated rings. The molecule has 0 amide bonds. The number of hydrogen-bond donors (Lipinski definition) is 1. The van der Waals surface area contributed by atoms with Crippen molar-refractivity contribution in [2.45, 2.75) is 19.5 Å². The zero-order valence-corrected chi connectivity index (χ0v) is 13.2. The highest BCUT2D eigenvalue weighted by Gasteiger charge is 2.12. The van der Waals surface area contributed by atoms with Crippen molar-refractivity contribution < 1.29 is 4.39 Å². The number of nitrogens with zero attached hydrogens (tertiary/aromatic N) is 1. The molecule has 2 nitrogen and oxygen atoms in total. The Hall–Kier alpha value is -1.39. The van der Waals surface area contributed by atoms with Gasteiger partial charge in [-0.05, 0) is 42.3 Å². The maximum Gasteiger partial charge on any atom is 0.123 e. The molecule has 1 unspecified atom stereocenters. The van der Waals surface area contributed by atoms with E-state index < -0.39 is 0 Å². The molecule has 2 aromatic rings. The summed E-state index contributed by atoms with van der Waals surface area (Å²) in [6, 6.07) is 12.6. The number of anilines is 1. The Bertz CT molecular complexity index is 582. The molecule has 0 aliphatic heterocycles. The molecule has 1 atom stereocenters. The summed E-state index contributed by atoms with van der Waals surface area (Å²) in [5.41, 5.74) is 9.26. The van der Waals surface area contributed by atoms with Crippen molar-refractivity contribution in [1.82, 2.24) is 0 Å². The molecule has 0 heterocycles. The smallest absolute Gasteiger partial charge is 0.123 e. The van der Waals surface area contributed by atoms with Crippen LogP contribution in [-0.4, -0.2) is 7.05 Å². The normalized spacial score (nSPS) is 12.2. The summed E-state index contributed by atoms with van der Waals surface area (Å²) in [5.74, 6) is -0.213. The summed E-state index contributed by atoms with van der Waals surface area (Å²) in [6.45, 7) is 2.68. The molecule has 0 bridgehead atoms. The van der Waals surface area contributed by atoms with Gasteiger partial charge in [-0.25, -0.2) is 4.39 Å². The summed E-state index contributed by atoms with van der Waals surface area (Å²) >= 11 is 3.49. The number of halogens is 2. The van der Waals surface area contributed by atoms with Crippen molar-refractivity contribution in [3.05, 3.63) is 63.9 Å². The molecule has 2 aromatic carbocycles. The Morgan fingerprint density at radius 2 is 1.85 bits per heavy atom. The number of hydrogen-bond acceptors (Lipinski definition) is 2. The maximum absolute atomic E-state index is 12.9. The van der Waals surface area contributed by atoms with Crippen LogP contribution in [-0.2, 0) is 6.54 Å². The summed E-state index contributed by atoms with van der Waals surface area (Å²) in [5, 5.41) is 0. The van der Waals surface area contributed by atoms with E-state index in [9.17, 15) is 4.39 Å². The van der Waals surface area contributed by atoms with Gasteiger partial charge in [-0.3, -0.25) is 0 Å². The van der Waals surface area contributed by atoms with Crippen LogP contribution in [0.1, 0.15) is 24.1 Å². The Balaban J connectivity index is 2.26. The Labute approximate surface area is 127 Å². The first-order valence-electron chi connectivity index (χ1n) is 6.48. The zero-order chi connectivity index (χ0) is 14.7. The lowest BCUT2D eigenvalue weighted by molar-refractivity contribution is 0.627. The predicted octanol–water partition coefficient (Wildman–Crippen LogP) is 4.24. The monoisotopic (exact) mass is 336 g/mol. The minimum Gasteiger partial charge on any atom is -0.370 e. The predicted molar refractivity (Wildman–Crippen MR) is 85.3 cm³/mol. The SMILES string of the molecule is CC(N)c1ccc(Br)cc1N(C)Cc1ccc(F)cc1. The van der Waals surface area contributed by atoms with Crippen molar-refractivity contribution in [1.29, 1.82) is 0 Å². The average molecular weight is 337 g/mol. The molecule has 2 N–H and O–H groups in total. The van der Waals surface area contributed by atoms with Crippen molar-refractivity contribution in [2.75, 3.05) is 11.9 Å². The third-order valence-corrected chi connectivity index (χ3v) is 3.72. The Morgan fingerprint density at radius 3 is 2.45 bits per heavy atom. The van der Waals surface area contributed by atoms with Gasteiger partial charge in [0, 0.05) is 29.8 Å². The van der Waals surface area contributed by atoms with E-state index in [0.29, 0.717) is 6.54 Å². The van der Waals surface area contributed by atoms with E-state index in [4.69, 9.17) is 5.73 Å². The maximum atomic E-state index is 12.9. The van der Waals surface area contributed by atoms with E-state index >= 15 is 0 Å². The minimum absolute atomic E-state index is 0.0335. The van der Waals surface area contributed by atoms with E-state index in [1.54, 1.807) is 12.1 Å². The third kappa shape index (κ3) is 3.58. The quantitative estimate of drug-likeness (QED) is 0.904. The van der Waals surface area contributed by atoms with Gasteiger partial charge < -0.3 is 10.6 Å². The van der Waals surface area contributed by atoms with Crippen LogP contribution in [0, 0.1) is 5.82 Å². The van der Waals surface area contributed by atoms with Crippen LogP contribution in [0.3, 0.4) is 0 Å². The van der Waals surface area contributed by atoms with Gasteiger partial charge in [0.2, 0.25) is 0 Å². The Kier molecular flexibility index (Phi) is 4.78. The van der Waals surface area contributed by atoms with Crippen molar-refractivity contribution in [2.24, 2.45) is 5.73 Å². The lowest BCUT2D eigenvalue weighted by Crippen LogP contribution is -2.20. The van der Waals surface area contributed by atoms with Crippen LogP contribution in [0.4, 0.5) is 10.1 Å². The molecule has 0 saturated carbocycles. The molecule has 0 radical (unpaired) electrons. The van der Waals surface area contributed by atoms with E-state index in [-0.39, 0.29) is 11.9 Å². The van der Waals surface area contributed by atoms with Gasteiger partial charge >= 0.3 is 0 Å². The topological polar surface area (TPSA) is 29.3 Å². The largest absolute Gasteiger partial charge is 0.370 e. The molecular weight excluding hydrogens is 319 g/mol. The van der Waals surface area contributed by atoms with Gasteiger partial charge in [0.25, 0.3) is 0 Å². The zero-order valence-electron chi connectivity index (χ0n) is 11.6. The van der Waals surface area contributed by atoms with Crippen LogP contribution in [0.2, 0.25) is 0 Å². The molecular formula is C16H18BrFN2. The number of rotatable bonds is 4. The van der Waals surface area contributed by atoms with Gasteiger partial charge in [0.1, 0.15) is 5.82 Å². The fraction of sp³-hybridized carbons (Fsp3) is 0.250. The van der Waals surface area contributed by atoms with Gasteiger partial charge in [0.05, 0.1) is 0 Å². The molecule has 0 aromatic heterocycles. The third-order valence-electron chi connectivity index (χ3n) is 3.23. The lowest BCUT2D eigenvalue weighted by atomic mass is 10.1. The molecule has 0 saturated heterocycles. The van der Waals surface area contributed by atoms with Gasteiger partial charge in [-0.2, -0.15) is 0 Å². The van der Waals surface area contributed by atoms with Gasteiger partial charge in [0.15, 0.2) is 0 Å². The second-order valence-corrected chi connectivity index (χ2v) is 5.89. The van der Waals surface area contributed by atoms with Crippen LogP contribution in [0.5, 0.6) is 0 Å². The first-order chi connectivity index (χ1) is 9.47. The highest BCUT2D eigenvalue weighted by atomic mass is 79.9. The summed E-state index contributed by atoms with van der Waals surface area (Å²) < 4.78 is 14.0. The van der Waals surface area contributed by atoms with E-state index in [0.717, 1.165) is 21.3 Å². The minimum atomic E-state index is -0.213. The van der Waals surface area contributed by atoms with Gasteiger partial charge in [-0.15, -0.1) is 0 Å². The second-order valence-electron chi connectivity index (χ2n) is 4.97. The van der Waals surface area contributed by atoms with Gasteiger partial charge in [-0.1, -0.05) is 34.1 Å². The molecule has 106 valence electrons. The van der Waals surface area contributed by atoms with Crippen molar-refractivity contribution >= 4 is 21.6 Å². The lowest BCUT2D eigenvalue weighted by Gasteiger charge is -2.24. The van der Waals surface area contributed by atoms with E-state index in [2.05, 4.69) is 26.9 Å². The number of nitrogens with two attached hydrogens (primary N) is 1. The fourth-order valence-electron chi connectivity index (χ4n) is 2.18. The van der Waals surface area contributed by atoms with E-state index in [1.807, 2.05) is 26.1 Å². The highest BCUT2D eigenvalue weighted by Crippen LogP contribution is 2.29. The standard InChI is InChI=1S/C16H18BrFN2/c1-11(19)15-8-5-13(17)9-16(15)20(2)10-12-3-6-14(18)7-4-12/h3-9,11H,10,19H2,1-2H3. The van der Waals surface area contributed by atoms with Crippen LogP contribution < -0.4 is 10.6 Å². The molecule has 0 aliphatic rings. The molecule has 20 heavy (non-hydrogen) atoms. The van der Waals surface area contributed by atoms with Crippen LogP contribution >= 0.6 is 15.9 Å². The highest BCUT2D eigenvalue weighted by molar-refractivity contribution is 9.10. The fourth-order valence-corrected chi connectivity index (χ4v) is 2.53. The van der Waals surface area contributed by atoms with Crippen LogP contribution in [0.25, 0.3) is 0 Å². The summed E-state index contributed by atoms with van der Waals surface area (Å²) in [4.78, 5) is 2.12. The first kappa shape index (κ1) is 15.0. The Morgan fingerprint density at radius 1 is 1.20 bits per heavy atom. The van der Waals surface area contributed by atoms with E-state index in [1.165, 1.54) is 12.1 Å². The molecule has 4 heteroatoms. The summed E-state index contributed by atoms with van der Waals surface area (Å²) in [6.07, 6.45) is 0. The first-order valence-corrected chi connectivity index (χ1v) is 7.27. The average Bonchev–Trinajstić information content (AvgIpc) is 2.41. The van der Waals surface area contributed by atoms with Crippen molar-refractivity contribution in [3.8, 4) is 0 Å². The van der Waals surface area contributed by atoms with Crippen LogP contribution in [0.15, 0.2) is 46.9 Å². The second kappa shape index (κ2) is 6.37. The van der Waals surface area contributed by atoms with Crippen molar-refractivity contribution in [3.63, 3.8) is 0 Å². The molecule has 0 aliphatic carbocycles.